The molecular formula is C30H23F3N4O3. The lowest BCUT2D eigenvalue weighted by Gasteiger charge is -2.16. The summed E-state index contributed by atoms with van der Waals surface area (Å²) in [7, 11) is 0. The molecule has 0 aliphatic carbocycles. The Morgan fingerprint density at radius 3 is 2.33 bits per heavy atom. The first-order valence-corrected chi connectivity index (χ1v) is 12.3. The van der Waals surface area contributed by atoms with Crippen LogP contribution in [0, 0.1) is 0 Å². The summed E-state index contributed by atoms with van der Waals surface area (Å²) < 4.78 is 41.3. The van der Waals surface area contributed by atoms with Gasteiger partial charge in [0.25, 0.3) is 5.91 Å². The first kappa shape index (κ1) is 26.6. The molecule has 1 aromatic heterocycles. The number of aromatic nitrogens is 3. The highest BCUT2D eigenvalue weighted by molar-refractivity contribution is 6.06. The van der Waals surface area contributed by atoms with Gasteiger partial charge in [0, 0.05) is 0 Å². The molecule has 40 heavy (non-hydrogen) atoms. The van der Waals surface area contributed by atoms with Gasteiger partial charge in [0.15, 0.2) is 0 Å². The van der Waals surface area contributed by atoms with E-state index in [-0.39, 0.29) is 17.7 Å². The van der Waals surface area contributed by atoms with E-state index in [0.29, 0.717) is 22.2 Å². The van der Waals surface area contributed by atoms with Crippen LogP contribution in [0.3, 0.4) is 0 Å². The molecule has 1 heterocycles. The number of halogens is 3. The number of hydrogen-bond donors (Lipinski definition) is 2. The fraction of sp³-hybridized carbons (Fsp3) is 0.133. The van der Waals surface area contributed by atoms with Gasteiger partial charge in [-0.1, -0.05) is 59.8 Å². The first-order chi connectivity index (χ1) is 19.1. The highest BCUT2D eigenvalue weighted by Crippen LogP contribution is 2.31. The van der Waals surface area contributed by atoms with Crippen molar-refractivity contribution in [2.24, 2.45) is 0 Å². The zero-order chi connectivity index (χ0) is 28.4. The minimum absolute atomic E-state index is 0.0302. The Morgan fingerprint density at radius 1 is 0.925 bits per heavy atom. The summed E-state index contributed by atoms with van der Waals surface area (Å²) in [4.78, 5) is 24.9. The zero-order valence-electron chi connectivity index (χ0n) is 21.2. The molecule has 1 amide bonds. The molecule has 202 valence electrons. The first-order valence-electron chi connectivity index (χ1n) is 12.3. The number of nitrogens with one attached hydrogen (secondary N) is 1. The number of aromatic carboxylic acids is 1. The van der Waals surface area contributed by atoms with E-state index in [4.69, 9.17) is 5.11 Å². The maximum absolute atomic E-state index is 13.7. The second-order valence-corrected chi connectivity index (χ2v) is 9.33. The van der Waals surface area contributed by atoms with Crippen molar-refractivity contribution in [3.8, 4) is 11.1 Å². The van der Waals surface area contributed by atoms with Crippen molar-refractivity contribution in [2.45, 2.75) is 25.7 Å². The van der Waals surface area contributed by atoms with Gasteiger partial charge in [-0.2, -0.15) is 13.2 Å². The standard InChI is InChI=1S/C30H23F3N4O3/c1-18(20-10-12-22(13-11-20)29(39)40)34-28(38)25-15-23(21-7-3-2-4-8-21)16-26-27(25)37(36-35-26)17-19-6-5-9-24(14-19)30(31,32)33/h2-16,18H,17H2,1H3,(H,34,38)(H,39,40)/t18-/m0/s1. The number of carboxylic acid groups (broad SMARTS) is 1. The van der Waals surface area contributed by atoms with Crippen molar-refractivity contribution in [2.75, 3.05) is 0 Å². The molecule has 0 fully saturated rings. The number of alkyl halides is 3. The van der Waals surface area contributed by atoms with Gasteiger partial charge in [-0.15, -0.1) is 5.10 Å². The van der Waals surface area contributed by atoms with Crippen LogP contribution >= 0.6 is 0 Å². The quantitative estimate of drug-likeness (QED) is 0.249. The smallest absolute Gasteiger partial charge is 0.416 e. The molecule has 0 radical (unpaired) electrons. The van der Waals surface area contributed by atoms with Crippen LogP contribution in [0.1, 0.15) is 50.4 Å². The number of hydrogen-bond acceptors (Lipinski definition) is 4. The second kappa shape index (κ2) is 10.6. The molecule has 5 aromatic rings. The number of carbonyl (C=O) groups excluding carboxylic acids is 1. The molecule has 1 atom stereocenters. The number of carboxylic acids is 1. The Bertz CT molecular complexity index is 1700. The Morgan fingerprint density at radius 2 is 1.65 bits per heavy atom. The minimum Gasteiger partial charge on any atom is -0.478 e. The van der Waals surface area contributed by atoms with Crippen LogP contribution in [-0.2, 0) is 12.7 Å². The molecule has 0 aliphatic heterocycles. The fourth-order valence-electron chi connectivity index (χ4n) is 4.49. The molecule has 10 heteroatoms. The monoisotopic (exact) mass is 544 g/mol. The third kappa shape index (κ3) is 5.56. The van der Waals surface area contributed by atoms with Gasteiger partial charge in [-0.3, -0.25) is 4.79 Å². The fourth-order valence-corrected chi connectivity index (χ4v) is 4.49. The van der Waals surface area contributed by atoms with E-state index in [2.05, 4.69) is 15.6 Å². The van der Waals surface area contributed by atoms with E-state index >= 15 is 0 Å². The van der Waals surface area contributed by atoms with Crippen molar-refractivity contribution < 1.29 is 27.9 Å². The molecule has 4 aromatic carbocycles. The Balaban J connectivity index is 1.54. The Kier molecular flexibility index (Phi) is 7.08. The zero-order valence-corrected chi connectivity index (χ0v) is 21.2. The van der Waals surface area contributed by atoms with Crippen molar-refractivity contribution in [3.63, 3.8) is 0 Å². The molecule has 0 saturated carbocycles. The number of benzene rings is 4. The third-order valence-corrected chi connectivity index (χ3v) is 6.55. The van der Waals surface area contributed by atoms with Crippen LogP contribution < -0.4 is 5.32 Å². The van der Waals surface area contributed by atoms with Crippen molar-refractivity contribution in [1.82, 2.24) is 20.3 Å². The Hall–Kier alpha value is -4.99. The molecule has 0 spiro atoms. The number of rotatable bonds is 7. The summed E-state index contributed by atoms with van der Waals surface area (Å²) in [5.41, 5.74) is 3.02. The summed E-state index contributed by atoms with van der Waals surface area (Å²) >= 11 is 0. The molecule has 7 nitrogen and oxygen atoms in total. The maximum Gasteiger partial charge on any atom is 0.416 e. The molecule has 2 N–H and O–H groups in total. The number of fused-ring (bicyclic) bond motifs is 1. The van der Waals surface area contributed by atoms with E-state index in [1.54, 1.807) is 37.3 Å². The highest BCUT2D eigenvalue weighted by atomic mass is 19.4. The van der Waals surface area contributed by atoms with Gasteiger partial charge < -0.3 is 10.4 Å². The number of nitrogens with zero attached hydrogens (tertiary/aromatic N) is 3. The van der Waals surface area contributed by atoms with E-state index in [1.165, 1.54) is 22.9 Å². The predicted molar refractivity (Wildman–Crippen MR) is 143 cm³/mol. The lowest BCUT2D eigenvalue weighted by molar-refractivity contribution is -0.137. The minimum atomic E-state index is -4.49. The molecular weight excluding hydrogens is 521 g/mol. The van der Waals surface area contributed by atoms with Crippen LogP contribution in [0.2, 0.25) is 0 Å². The molecule has 0 bridgehead atoms. The van der Waals surface area contributed by atoms with Gasteiger partial charge in [-0.25, -0.2) is 9.48 Å². The van der Waals surface area contributed by atoms with E-state index < -0.39 is 29.7 Å². The number of amides is 1. The van der Waals surface area contributed by atoms with Gasteiger partial charge in [0.1, 0.15) is 11.0 Å². The Labute approximate surface area is 226 Å². The average Bonchev–Trinajstić information content (AvgIpc) is 3.35. The molecule has 0 saturated heterocycles. The van der Waals surface area contributed by atoms with Gasteiger partial charge in [-0.05, 0) is 65.6 Å². The topological polar surface area (TPSA) is 97.1 Å². The molecule has 0 aliphatic rings. The van der Waals surface area contributed by atoms with Crippen molar-refractivity contribution in [1.29, 1.82) is 0 Å². The van der Waals surface area contributed by atoms with Crippen molar-refractivity contribution in [3.05, 3.63) is 119 Å². The van der Waals surface area contributed by atoms with Crippen LogP contribution in [0.15, 0.2) is 91.0 Å². The predicted octanol–water partition coefficient (Wildman–Crippen LogP) is 6.35. The van der Waals surface area contributed by atoms with E-state index in [0.717, 1.165) is 23.3 Å². The summed E-state index contributed by atoms with van der Waals surface area (Å²) in [5.74, 6) is -1.49. The summed E-state index contributed by atoms with van der Waals surface area (Å²) in [5, 5.41) is 20.5. The number of carbonyl (C=O) groups is 2. The van der Waals surface area contributed by atoms with Crippen LogP contribution in [0.25, 0.3) is 22.2 Å². The summed E-state index contributed by atoms with van der Waals surface area (Å²) in [6, 6.07) is 23.5. The third-order valence-electron chi connectivity index (χ3n) is 6.55. The molecule has 0 unspecified atom stereocenters. The van der Waals surface area contributed by atoms with Crippen molar-refractivity contribution >= 4 is 22.9 Å². The van der Waals surface area contributed by atoms with Crippen LogP contribution in [0.4, 0.5) is 13.2 Å². The van der Waals surface area contributed by atoms with E-state index in [9.17, 15) is 22.8 Å². The normalized spacial score (nSPS) is 12.3. The molecule has 5 rings (SSSR count). The van der Waals surface area contributed by atoms with E-state index in [1.807, 2.05) is 30.3 Å². The largest absolute Gasteiger partial charge is 0.478 e. The van der Waals surface area contributed by atoms with Gasteiger partial charge in [0.05, 0.1) is 29.3 Å². The van der Waals surface area contributed by atoms with Gasteiger partial charge in [0.2, 0.25) is 0 Å². The maximum atomic E-state index is 13.7. The van der Waals surface area contributed by atoms with Crippen LogP contribution in [-0.4, -0.2) is 32.0 Å². The van der Waals surface area contributed by atoms with Gasteiger partial charge >= 0.3 is 12.1 Å². The second-order valence-electron chi connectivity index (χ2n) is 9.33. The lowest BCUT2D eigenvalue weighted by Crippen LogP contribution is -2.27. The lowest BCUT2D eigenvalue weighted by atomic mass is 10.00. The van der Waals surface area contributed by atoms with Crippen LogP contribution in [0.5, 0.6) is 0 Å². The SMILES string of the molecule is C[C@H](NC(=O)c1cc(-c2ccccc2)cc2nnn(Cc3cccc(C(F)(F)F)c3)c12)c1ccc(C(=O)O)cc1. The average molecular weight is 545 g/mol. The summed E-state index contributed by atoms with van der Waals surface area (Å²) in [6.45, 7) is 1.74. The summed E-state index contributed by atoms with van der Waals surface area (Å²) in [6.07, 6.45) is -4.49. The highest BCUT2D eigenvalue weighted by Gasteiger charge is 2.30.